The van der Waals surface area contributed by atoms with Gasteiger partial charge in [0.05, 0.1) is 10.8 Å². The molecule has 0 amide bonds. The first-order valence-electron chi connectivity index (χ1n) is 6.74. The van der Waals surface area contributed by atoms with Crippen molar-refractivity contribution in [2.75, 3.05) is 19.8 Å². The lowest BCUT2D eigenvalue weighted by atomic mass is 10.1. The Balaban J connectivity index is 2.17. The molecule has 0 spiro atoms. The quantitative estimate of drug-likeness (QED) is 0.840. The van der Waals surface area contributed by atoms with Crippen LogP contribution in [0, 0.1) is 6.92 Å². The van der Waals surface area contributed by atoms with E-state index in [1.165, 1.54) is 11.1 Å². The fraction of sp³-hybridized carbons (Fsp3) is 0.294. The number of hydrogen-bond acceptors (Lipinski definition) is 2. The van der Waals surface area contributed by atoms with E-state index in [-0.39, 0.29) is 6.04 Å². The van der Waals surface area contributed by atoms with E-state index in [0.29, 0.717) is 5.75 Å². The summed E-state index contributed by atoms with van der Waals surface area (Å²) in [5, 5.41) is 0. The third-order valence-electron chi connectivity index (χ3n) is 3.40. The third-order valence-corrected chi connectivity index (χ3v) is 4.82. The lowest BCUT2D eigenvalue weighted by Gasteiger charge is -2.24. The van der Waals surface area contributed by atoms with Gasteiger partial charge in [-0.25, -0.2) is 0 Å². The van der Waals surface area contributed by atoms with Crippen molar-refractivity contribution in [2.24, 2.45) is 0 Å². The third kappa shape index (κ3) is 3.78. The predicted molar refractivity (Wildman–Crippen MR) is 85.3 cm³/mol. The van der Waals surface area contributed by atoms with E-state index in [1.54, 1.807) is 0 Å². The van der Waals surface area contributed by atoms with Gasteiger partial charge in [0.2, 0.25) is 0 Å². The molecule has 0 radical (unpaired) electrons. The lowest BCUT2D eigenvalue weighted by molar-refractivity contribution is 0.324. The molecule has 0 saturated heterocycles. The van der Waals surface area contributed by atoms with Gasteiger partial charge in [0.1, 0.15) is 0 Å². The van der Waals surface area contributed by atoms with Crippen LogP contribution in [0.2, 0.25) is 0 Å². The molecule has 0 N–H and O–H groups in total. The summed E-state index contributed by atoms with van der Waals surface area (Å²) in [6, 6.07) is 18.4. The van der Waals surface area contributed by atoms with Crippen LogP contribution >= 0.6 is 0 Å². The Morgan fingerprint density at radius 3 is 2.15 bits per heavy atom. The van der Waals surface area contributed by atoms with Crippen LogP contribution in [-0.2, 0) is 10.8 Å². The normalized spacial score (nSPS) is 14.2. The van der Waals surface area contributed by atoms with Gasteiger partial charge in [-0.1, -0.05) is 48.0 Å². The molecule has 1 unspecified atom stereocenters. The zero-order valence-electron chi connectivity index (χ0n) is 12.2. The Bertz CT molecular complexity index is 563. The maximum atomic E-state index is 12.5. The maximum absolute atomic E-state index is 12.5. The molecule has 2 aromatic rings. The molecule has 20 heavy (non-hydrogen) atoms. The van der Waals surface area contributed by atoms with Crippen LogP contribution in [0.25, 0.3) is 0 Å². The first-order valence-corrected chi connectivity index (χ1v) is 8.06. The summed E-state index contributed by atoms with van der Waals surface area (Å²) in [6.45, 7) is 2.04. The fourth-order valence-corrected chi connectivity index (χ4v) is 3.56. The molecule has 0 fully saturated rings. The molecule has 0 aliphatic carbocycles. The highest BCUT2D eigenvalue weighted by atomic mass is 32.2. The molecule has 0 heterocycles. The standard InChI is InChI=1S/C17H21NOS/c1-14-9-11-16(12-10-14)20(19)13-17(18(2)3)15-7-5-4-6-8-15/h4-12,17H,13H2,1-3H3/t17-,20?/m1/s1. The lowest BCUT2D eigenvalue weighted by Crippen LogP contribution is -2.25. The second-order valence-electron chi connectivity index (χ2n) is 5.22. The minimum Gasteiger partial charge on any atom is -0.301 e. The van der Waals surface area contributed by atoms with Crippen LogP contribution in [0.3, 0.4) is 0 Å². The largest absolute Gasteiger partial charge is 0.301 e. The summed E-state index contributed by atoms with van der Waals surface area (Å²) < 4.78 is 12.5. The van der Waals surface area contributed by atoms with E-state index >= 15 is 0 Å². The zero-order chi connectivity index (χ0) is 14.5. The topological polar surface area (TPSA) is 20.3 Å². The molecule has 0 saturated carbocycles. The van der Waals surface area contributed by atoms with Gasteiger partial charge in [0, 0.05) is 16.7 Å². The molecule has 2 nitrogen and oxygen atoms in total. The summed E-state index contributed by atoms with van der Waals surface area (Å²) >= 11 is 0. The Morgan fingerprint density at radius 1 is 1.00 bits per heavy atom. The van der Waals surface area contributed by atoms with E-state index in [9.17, 15) is 4.21 Å². The number of aryl methyl sites for hydroxylation is 1. The molecule has 106 valence electrons. The van der Waals surface area contributed by atoms with Crippen molar-refractivity contribution in [3.8, 4) is 0 Å². The van der Waals surface area contributed by atoms with Crippen LogP contribution < -0.4 is 0 Å². The molecular formula is C17H21NOS. The van der Waals surface area contributed by atoms with E-state index in [2.05, 4.69) is 17.0 Å². The summed E-state index contributed by atoms with van der Waals surface area (Å²) in [6.07, 6.45) is 0. The maximum Gasteiger partial charge on any atom is 0.0548 e. The number of hydrogen-bond donors (Lipinski definition) is 0. The fourth-order valence-electron chi connectivity index (χ4n) is 2.15. The Labute approximate surface area is 123 Å². The monoisotopic (exact) mass is 287 g/mol. The molecule has 3 heteroatoms. The highest BCUT2D eigenvalue weighted by Gasteiger charge is 2.18. The highest BCUT2D eigenvalue weighted by Crippen LogP contribution is 2.21. The van der Waals surface area contributed by atoms with Crippen LogP contribution in [0.1, 0.15) is 17.2 Å². The minimum absolute atomic E-state index is 0.165. The smallest absolute Gasteiger partial charge is 0.0548 e. The van der Waals surface area contributed by atoms with Gasteiger partial charge in [-0.05, 0) is 38.7 Å². The van der Waals surface area contributed by atoms with Gasteiger partial charge in [-0.2, -0.15) is 0 Å². The van der Waals surface area contributed by atoms with Crippen molar-refractivity contribution in [3.05, 3.63) is 65.7 Å². The molecule has 2 rings (SSSR count). The second kappa shape index (κ2) is 6.82. The first kappa shape index (κ1) is 14.9. The van der Waals surface area contributed by atoms with Crippen LogP contribution in [-0.4, -0.2) is 29.0 Å². The molecule has 0 aliphatic rings. The molecular weight excluding hydrogens is 266 g/mol. The molecule has 0 bridgehead atoms. The zero-order valence-corrected chi connectivity index (χ0v) is 13.1. The molecule has 2 atom stereocenters. The highest BCUT2D eigenvalue weighted by molar-refractivity contribution is 7.85. The van der Waals surface area contributed by atoms with E-state index in [0.717, 1.165) is 4.90 Å². The van der Waals surface area contributed by atoms with Gasteiger partial charge in [0.25, 0.3) is 0 Å². The van der Waals surface area contributed by atoms with Gasteiger partial charge in [-0.15, -0.1) is 0 Å². The van der Waals surface area contributed by atoms with Gasteiger partial charge < -0.3 is 4.90 Å². The van der Waals surface area contributed by atoms with Crippen molar-refractivity contribution in [2.45, 2.75) is 17.9 Å². The van der Waals surface area contributed by atoms with Crippen molar-refractivity contribution in [3.63, 3.8) is 0 Å². The second-order valence-corrected chi connectivity index (χ2v) is 6.71. The summed E-state index contributed by atoms with van der Waals surface area (Å²) in [5.41, 5.74) is 2.40. The summed E-state index contributed by atoms with van der Waals surface area (Å²) in [4.78, 5) is 3.03. The van der Waals surface area contributed by atoms with Crippen molar-refractivity contribution >= 4 is 10.8 Å². The van der Waals surface area contributed by atoms with Crippen molar-refractivity contribution in [1.82, 2.24) is 4.90 Å². The Kier molecular flexibility index (Phi) is 5.10. The SMILES string of the molecule is Cc1ccc(S(=O)C[C@H](c2ccccc2)N(C)C)cc1. The number of benzene rings is 2. The van der Waals surface area contributed by atoms with E-state index < -0.39 is 10.8 Å². The minimum atomic E-state index is -0.984. The Morgan fingerprint density at radius 2 is 1.60 bits per heavy atom. The van der Waals surface area contributed by atoms with Crippen LogP contribution in [0.4, 0.5) is 0 Å². The average molecular weight is 287 g/mol. The summed E-state index contributed by atoms with van der Waals surface area (Å²) in [5.74, 6) is 0.611. The van der Waals surface area contributed by atoms with Crippen molar-refractivity contribution < 1.29 is 4.21 Å². The Hall–Kier alpha value is -1.45. The summed E-state index contributed by atoms with van der Waals surface area (Å²) in [7, 11) is 3.08. The number of rotatable bonds is 5. The van der Waals surface area contributed by atoms with Gasteiger partial charge in [0.15, 0.2) is 0 Å². The first-order chi connectivity index (χ1) is 9.58. The van der Waals surface area contributed by atoms with Gasteiger partial charge >= 0.3 is 0 Å². The molecule has 2 aromatic carbocycles. The van der Waals surface area contributed by atoms with Crippen LogP contribution in [0.15, 0.2) is 59.5 Å². The van der Waals surface area contributed by atoms with E-state index in [4.69, 9.17) is 0 Å². The predicted octanol–water partition coefficient (Wildman–Crippen LogP) is 3.41. The molecule has 0 aliphatic heterocycles. The van der Waals surface area contributed by atoms with Gasteiger partial charge in [-0.3, -0.25) is 4.21 Å². The van der Waals surface area contributed by atoms with E-state index in [1.807, 2.05) is 63.5 Å². The average Bonchev–Trinajstić information content (AvgIpc) is 2.46. The number of nitrogens with zero attached hydrogens (tertiary/aromatic N) is 1. The van der Waals surface area contributed by atoms with Crippen LogP contribution in [0.5, 0.6) is 0 Å². The van der Waals surface area contributed by atoms with Crippen molar-refractivity contribution in [1.29, 1.82) is 0 Å². The molecule has 0 aromatic heterocycles.